The zero-order valence-corrected chi connectivity index (χ0v) is 9.28. The summed E-state index contributed by atoms with van der Waals surface area (Å²) in [6, 6.07) is 0. The van der Waals surface area contributed by atoms with E-state index in [9.17, 15) is 9.59 Å². The Bertz CT molecular complexity index is 276. The van der Waals surface area contributed by atoms with E-state index >= 15 is 0 Å². The maximum Gasteiger partial charge on any atom is 0.249 e. The van der Waals surface area contributed by atoms with E-state index in [1.807, 2.05) is 0 Å². The quantitative estimate of drug-likeness (QED) is 0.609. The van der Waals surface area contributed by atoms with Crippen LogP contribution in [0.3, 0.4) is 0 Å². The predicted octanol–water partition coefficient (Wildman–Crippen LogP) is -1.72. The van der Waals surface area contributed by atoms with Crippen LogP contribution in [0.15, 0.2) is 0 Å². The van der Waals surface area contributed by atoms with Gasteiger partial charge in [0.1, 0.15) is 6.61 Å². The number of rotatable bonds is 2. The Balaban J connectivity index is 1.83. The molecular weight excluding hydrogens is 210 g/mol. The fourth-order valence-electron chi connectivity index (χ4n) is 1.89. The Labute approximate surface area is 94.5 Å². The summed E-state index contributed by atoms with van der Waals surface area (Å²) in [5.74, 6) is -0.0496. The van der Waals surface area contributed by atoms with E-state index in [2.05, 4.69) is 5.32 Å². The molecule has 2 fully saturated rings. The minimum atomic E-state index is -0.0882. The molecule has 2 heterocycles. The van der Waals surface area contributed by atoms with Crippen molar-refractivity contribution in [2.75, 3.05) is 52.5 Å². The highest BCUT2D eigenvalue weighted by Gasteiger charge is 2.24. The summed E-state index contributed by atoms with van der Waals surface area (Å²) in [5.41, 5.74) is 0. The minimum absolute atomic E-state index is 0.0387. The third-order valence-corrected chi connectivity index (χ3v) is 2.88. The zero-order chi connectivity index (χ0) is 11.4. The van der Waals surface area contributed by atoms with E-state index in [0.29, 0.717) is 13.2 Å². The third kappa shape index (κ3) is 2.70. The number of piperazine rings is 1. The average molecular weight is 227 g/mol. The molecule has 6 nitrogen and oxygen atoms in total. The fourth-order valence-corrected chi connectivity index (χ4v) is 1.89. The summed E-state index contributed by atoms with van der Waals surface area (Å²) in [6.07, 6.45) is 0. The van der Waals surface area contributed by atoms with Gasteiger partial charge >= 0.3 is 0 Å². The van der Waals surface area contributed by atoms with Crippen molar-refractivity contribution in [1.82, 2.24) is 15.1 Å². The first-order valence-corrected chi connectivity index (χ1v) is 5.61. The molecule has 0 radical (unpaired) electrons. The molecule has 2 aliphatic rings. The van der Waals surface area contributed by atoms with Crippen LogP contribution in [0.5, 0.6) is 0 Å². The fraction of sp³-hybridized carbons (Fsp3) is 0.800. The van der Waals surface area contributed by atoms with E-state index in [0.717, 1.165) is 26.2 Å². The van der Waals surface area contributed by atoms with Crippen molar-refractivity contribution in [3.05, 3.63) is 0 Å². The molecule has 0 aromatic rings. The van der Waals surface area contributed by atoms with Gasteiger partial charge in [-0.25, -0.2) is 0 Å². The molecule has 2 saturated heterocycles. The molecule has 0 aromatic heterocycles. The van der Waals surface area contributed by atoms with Crippen molar-refractivity contribution in [2.24, 2.45) is 0 Å². The molecule has 1 N–H and O–H groups in total. The van der Waals surface area contributed by atoms with Gasteiger partial charge in [-0.2, -0.15) is 0 Å². The summed E-state index contributed by atoms with van der Waals surface area (Å²) in [4.78, 5) is 26.7. The summed E-state index contributed by atoms with van der Waals surface area (Å²) in [5, 5.41) is 3.19. The molecule has 0 aromatic carbocycles. The molecule has 6 heteroatoms. The molecular formula is C10H17N3O3. The van der Waals surface area contributed by atoms with Crippen molar-refractivity contribution < 1.29 is 14.3 Å². The second kappa shape index (κ2) is 5.27. The lowest BCUT2D eigenvalue weighted by Gasteiger charge is -2.31. The summed E-state index contributed by atoms with van der Waals surface area (Å²) < 4.78 is 5.01. The molecule has 0 unspecified atom stereocenters. The predicted molar refractivity (Wildman–Crippen MR) is 56.8 cm³/mol. The molecule has 2 amide bonds. The SMILES string of the molecule is O=C(CN1CCOCC1=O)N1CCNCC1. The number of carbonyl (C=O) groups is 2. The minimum Gasteiger partial charge on any atom is -0.370 e. The van der Waals surface area contributed by atoms with Crippen molar-refractivity contribution >= 4 is 11.8 Å². The Kier molecular flexibility index (Phi) is 3.74. The highest BCUT2D eigenvalue weighted by Crippen LogP contribution is 2.01. The lowest BCUT2D eigenvalue weighted by atomic mass is 10.3. The second-order valence-electron chi connectivity index (χ2n) is 4.00. The Morgan fingerprint density at radius 3 is 2.75 bits per heavy atom. The zero-order valence-electron chi connectivity index (χ0n) is 9.28. The Hall–Kier alpha value is -1.14. The first kappa shape index (κ1) is 11.3. The Morgan fingerprint density at radius 2 is 2.06 bits per heavy atom. The van der Waals surface area contributed by atoms with Crippen LogP contribution in [0, 0.1) is 0 Å². The summed E-state index contributed by atoms with van der Waals surface area (Å²) >= 11 is 0. The van der Waals surface area contributed by atoms with E-state index in [1.165, 1.54) is 0 Å². The summed E-state index contributed by atoms with van der Waals surface area (Å²) in [6.45, 7) is 4.49. The molecule has 0 spiro atoms. The smallest absolute Gasteiger partial charge is 0.249 e. The van der Waals surface area contributed by atoms with Crippen molar-refractivity contribution in [3.8, 4) is 0 Å². The van der Waals surface area contributed by atoms with E-state index < -0.39 is 0 Å². The van der Waals surface area contributed by atoms with Gasteiger partial charge in [0.15, 0.2) is 0 Å². The van der Waals surface area contributed by atoms with Crippen LogP contribution in [0.4, 0.5) is 0 Å². The van der Waals surface area contributed by atoms with Crippen LogP contribution in [0.25, 0.3) is 0 Å². The number of ether oxygens (including phenoxy) is 1. The van der Waals surface area contributed by atoms with Crippen LogP contribution >= 0.6 is 0 Å². The highest BCUT2D eigenvalue weighted by atomic mass is 16.5. The molecule has 2 aliphatic heterocycles. The number of nitrogens with zero attached hydrogens (tertiary/aromatic N) is 2. The van der Waals surface area contributed by atoms with Gasteiger partial charge in [0.2, 0.25) is 11.8 Å². The van der Waals surface area contributed by atoms with Gasteiger partial charge < -0.3 is 19.9 Å². The van der Waals surface area contributed by atoms with Gasteiger partial charge in [0.05, 0.1) is 13.2 Å². The first-order valence-electron chi connectivity index (χ1n) is 5.61. The first-order chi connectivity index (χ1) is 7.77. The van der Waals surface area contributed by atoms with Crippen molar-refractivity contribution in [3.63, 3.8) is 0 Å². The van der Waals surface area contributed by atoms with Gasteiger partial charge in [-0.15, -0.1) is 0 Å². The molecule has 0 bridgehead atoms. The lowest BCUT2D eigenvalue weighted by Crippen LogP contribution is -2.52. The standard InChI is InChI=1S/C10H17N3O3/c14-9(12-3-1-11-2-4-12)7-13-5-6-16-8-10(13)15/h11H,1-8H2. The lowest BCUT2D eigenvalue weighted by molar-refractivity contribution is -0.148. The molecule has 90 valence electrons. The third-order valence-electron chi connectivity index (χ3n) is 2.88. The van der Waals surface area contributed by atoms with Gasteiger partial charge in [0, 0.05) is 32.7 Å². The topological polar surface area (TPSA) is 61.9 Å². The highest BCUT2D eigenvalue weighted by molar-refractivity contribution is 5.85. The van der Waals surface area contributed by atoms with E-state index in [4.69, 9.17) is 4.74 Å². The van der Waals surface area contributed by atoms with Crippen LogP contribution in [0.2, 0.25) is 0 Å². The number of hydrogen-bond donors (Lipinski definition) is 1. The van der Waals surface area contributed by atoms with Gasteiger partial charge in [0.25, 0.3) is 0 Å². The van der Waals surface area contributed by atoms with Crippen LogP contribution < -0.4 is 5.32 Å². The average Bonchev–Trinajstić information content (AvgIpc) is 2.33. The monoisotopic (exact) mass is 227 g/mol. The maximum atomic E-state index is 11.9. The molecule has 0 saturated carbocycles. The molecule has 2 rings (SSSR count). The number of morpholine rings is 1. The van der Waals surface area contributed by atoms with Gasteiger partial charge in [-0.3, -0.25) is 9.59 Å². The van der Waals surface area contributed by atoms with E-state index in [1.54, 1.807) is 9.80 Å². The van der Waals surface area contributed by atoms with Crippen molar-refractivity contribution in [1.29, 1.82) is 0 Å². The number of hydrogen-bond acceptors (Lipinski definition) is 4. The Morgan fingerprint density at radius 1 is 1.31 bits per heavy atom. The van der Waals surface area contributed by atoms with Gasteiger partial charge in [-0.05, 0) is 0 Å². The molecule has 0 aliphatic carbocycles. The van der Waals surface area contributed by atoms with Gasteiger partial charge in [-0.1, -0.05) is 0 Å². The van der Waals surface area contributed by atoms with Crippen LogP contribution in [0.1, 0.15) is 0 Å². The normalized spacial score (nSPS) is 22.4. The van der Waals surface area contributed by atoms with E-state index in [-0.39, 0.29) is 25.0 Å². The molecule has 0 atom stereocenters. The van der Waals surface area contributed by atoms with Crippen molar-refractivity contribution in [2.45, 2.75) is 0 Å². The number of amides is 2. The van der Waals surface area contributed by atoms with Crippen LogP contribution in [-0.4, -0.2) is 74.1 Å². The van der Waals surface area contributed by atoms with Crippen LogP contribution in [-0.2, 0) is 14.3 Å². The second-order valence-corrected chi connectivity index (χ2v) is 4.00. The largest absolute Gasteiger partial charge is 0.370 e. The molecule has 16 heavy (non-hydrogen) atoms. The summed E-state index contributed by atoms with van der Waals surface area (Å²) in [7, 11) is 0. The number of carbonyl (C=O) groups excluding carboxylic acids is 2. The maximum absolute atomic E-state index is 11.9. The number of nitrogens with one attached hydrogen (secondary N) is 1.